The van der Waals surface area contributed by atoms with Crippen molar-refractivity contribution in [3.63, 3.8) is 0 Å². The molecule has 0 aromatic carbocycles. The zero-order chi connectivity index (χ0) is 8.72. The Bertz CT molecular complexity index is 276. The van der Waals surface area contributed by atoms with Crippen LogP contribution in [0, 0.1) is 12.8 Å². The van der Waals surface area contributed by atoms with Crippen molar-refractivity contribution < 1.29 is 0 Å². The standard InChI is InChI=1S/C9H12BrNS.ClH/c1-5-4-7(12-9(5)10)8(11)6-2-3-6;/h4,6,8H,2-3,11H2,1H3;1H/t8-;/m1./s1. The number of nitrogens with two attached hydrogens (primary N) is 1. The molecular weight excluding hydrogens is 270 g/mol. The van der Waals surface area contributed by atoms with E-state index in [1.54, 1.807) is 11.3 Å². The molecule has 1 aromatic rings. The lowest BCUT2D eigenvalue weighted by Gasteiger charge is -2.05. The predicted octanol–water partition coefficient (Wildman–Crippen LogP) is 3.65. The molecule has 0 saturated heterocycles. The molecule has 74 valence electrons. The quantitative estimate of drug-likeness (QED) is 0.880. The maximum Gasteiger partial charge on any atom is 0.0731 e. The van der Waals surface area contributed by atoms with E-state index in [0.29, 0.717) is 6.04 Å². The van der Waals surface area contributed by atoms with Crippen LogP contribution in [0.3, 0.4) is 0 Å². The van der Waals surface area contributed by atoms with E-state index < -0.39 is 0 Å². The largest absolute Gasteiger partial charge is 0.323 e. The molecule has 0 bridgehead atoms. The average molecular weight is 283 g/mol. The van der Waals surface area contributed by atoms with Crippen LogP contribution in [0.15, 0.2) is 9.85 Å². The van der Waals surface area contributed by atoms with E-state index in [1.807, 2.05) is 0 Å². The van der Waals surface area contributed by atoms with E-state index >= 15 is 0 Å². The van der Waals surface area contributed by atoms with Crippen LogP contribution in [-0.4, -0.2) is 0 Å². The fraction of sp³-hybridized carbons (Fsp3) is 0.556. The van der Waals surface area contributed by atoms with Crippen LogP contribution < -0.4 is 5.73 Å². The maximum atomic E-state index is 6.07. The number of hydrogen-bond donors (Lipinski definition) is 1. The lowest BCUT2D eigenvalue weighted by molar-refractivity contribution is 0.644. The van der Waals surface area contributed by atoms with Gasteiger partial charge in [0.25, 0.3) is 0 Å². The van der Waals surface area contributed by atoms with E-state index in [0.717, 1.165) is 5.92 Å². The Morgan fingerprint density at radius 3 is 2.62 bits per heavy atom. The van der Waals surface area contributed by atoms with Gasteiger partial charge in [0.15, 0.2) is 0 Å². The molecule has 1 heterocycles. The average Bonchev–Trinajstić information content (AvgIpc) is 2.80. The van der Waals surface area contributed by atoms with E-state index in [1.165, 1.54) is 27.1 Å². The second-order valence-corrected chi connectivity index (χ2v) is 5.87. The van der Waals surface area contributed by atoms with Gasteiger partial charge in [-0.05, 0) is 53.2 Å². The summed E-state index contributed by atoms with van der Waals surface area (Å²) in [7, 11) is 0. The Balaban J connectivity index is 0.000000845. The molecule has 0 radical (unpaired) electrons. The molecule has 4 heteroatoms. The molecule has 2 rings (SSSR count). The van der Waals surface area contributed by atoms with Gasteiger partial charge in [0, 0.05) is 10.9 Å². The summed E-state index contributed by atoms with van der Waals surface area (Å²) in [5, 5.41) is 0. The Labute approximate surface area is 97.3 Å². The summed E-state index contributed by atoms with van der Waals surface area (Å²) in [6.45, 7) is 2.11. The van der Waals surface area contributed by atoms with Crippen LogP contribution in [0.2, 0.25) is 0 Å². The van der Waals surface area contributed by atoms with E-state index in [-0.39, 0.29) is 12.4 Å². The van der Waals surface area contributed by atoms with Crippen molar-refractivity contribution in [1.29, 1.82) is 0 Å². The van der Waals surface area contributed by atoms with Gasteiger partial charge in [-0.25, -0.2) is 0 Å². The lowest BCUT2D eigenvalue weighted by Crippen LogP contribution is -2.10. The fourth-order valence-electron chi connectivity index (χ4n) is 1.34. The summed E-state index contributed by atoms with van der Waals surface area (Å²) in [4.78, 5) is 1.34. The molecule has 1 fully saturated rings. The molecule has 2 N–H and O–H groups in total. The third kappa shape index (κ3) is 2.46. The summed E-state index contributed by atoms with van der Waals surface area (Å²) in [5.74, 6) is 0.759. The molecule has 0 unspecified atom stereocenters. The molecule has 0 amide bonds. The predicted molar refractivity (Wildman–Crippen MR) is 63.7 cm³/mol. The minimum Gasteiger partial charge on any atom is -0.323 e. The number of aryl methyl sites for hydroxylation is 1. The van der Waals surface area contributed by atoms with Crippen molar-refractivity contribution in [3.05, 3.63) is 20.3 Å². The normalized spacial score (nSPS) is 18.1. The van der Waals surface area contributed by atoms with Gasteiger partial charge in [-0.15, -0.1) is 23.7 Å². The number of rotatable bonds is 2. The highest BCUT2D eigenvalue weighted by atomic mass is 79.9. The van der Waals surface area contributed by atoms with Crippen LogP contribution in [0.25, 0.3) is 0 Å². The highest BCUT2D eigenvalue weighted by molar-refractivity contribution is 9.11. The van der Waals surface area contributed by atoms with Crippen LogP contribution in [0.4, 0.5) is 0 Å². The van der Waals surface area contributed by atoms with Gasteiger partial charge in [-0.3, -0.25) is 0 Å². The Morgan fingerprint density at radius 2 is 2.23 bits per heavy atom. The van der Waals surface area contributed by atoms with E-state index in [2.05, 4.69) is 28.9 Å². The second kappa shape index (κ2) is 4.30. The minimum absolute atomic E-state index is 0. The monoisotopic (exact) mass is 281 g/mol. The highest BCUT2D eigenvalue weighted by Crippen LogP contribution is 2.42. The molecule has 1 nitrogen and oxygen atoms in total. The first kappa shape index (κ1) is 11.5. The smallest absolute Gasteiger partial charge is 0.0731 e. The zero-order valence-electron chi connectivity index (χ0n) is 7.42. The second-order valence-electron chi connectivity index (χ2n) is 3.47. The zero-order valence-corrected chi connectivity index (χ0v) is 10.6. The molecule has 1 atom stereocenters. The van der Waals surface area contributed by atoms with Gasteiger partial charge in [0.1, 0.15) is 0 Å². The van der Waals surface area contributed by atoms with Crippen molar-refractivity contribution >= 4 is 39.7 Å². The van der Waals surface area contributed by atoms with Gasteiger partial charge in [-0.1, -0.05) is 0 Å². The first-order chi connectivity index (χ1) is 5.68. The molecule has 1 aliphatic rings. The number of thiophene rings is 1. The molecule has 0 spiro atoms. The van der Waals surface area contributed by atoms with Crippen molar-refractivity contribution in [1.82, 2.24) is 0 Å². The van der Waals surface area contributed by atoms with Crippen LogP contribution >= 0.6 is 39.7 Å². The van der Waals surface area contributed by atoms with Gasteiger partial charge >= 0.3 is 0 Å². The Morgan fingerprint density at radius 1 is 1.62 bits per heavy atom. The van der Waals surface area contributed by atoms with Crippen LogP contribution in [0.1, 0.15) is 29.3 Å². The molecule has 13 heavy (non-hydrogen) atoms. The summed E-state index contributed by atoms with van der Waals surface area (Å²) in [6, 6.07) is 2.50. The highest BCUT2D eigenvalue weighted by Gasteiger charge is 2.30. The van der Waals surface area contributed by atoms with Crippen molar-refractivity contribution in [3.8, 4) is 0 Å². The lowest BCUT2D eigenvalue weighted by atomic mass is 10.1. The first-order valence-corrected chi connectivity index (χ1v) is 5.81. The van der Waals surface area contributed by atoms with Gasteiger partial charge in [0.2, 0.25) is 0 Å². The van der Waals surface area contributed by atoms with Gasteiger partial charge in [-0.2, -0.15) is 0 Å². The SMILES string of the molecule is Cc1cc([C@H](N)C2CC2)sc1Br.Cl. The molecule has 1 saturated carbocycles. The Hall–Kier alpha value is 0.430. The van der Waals surface area contributed by atoms with Crippen molar-refractivity contribution in [2.24, 2.45) is 11.7 Å². The molecule has 1 aliphatic carbocycles. The van der Waals surface area contributed by atoms with Crippen molar-refractivity contribution in [2.75, 3.05) is 0 Å². The number of halogens is 2. The minimum atomic E-state index is 0. The summed E-state index contributed by atoms with van der Waals surface area (Å²) < 4.78 is 1.23. The molecule has 1 aromatic heterocycles. The third-order valence-electron chi connectivity index (χ3n) is 2.33. The van der Waals surface area contributed by atoms with Gasteiger partial charge in [0.05, 0.1) is 3.79 Å². The van der Waals surface area contributed by atoms with E-state index in [4.69, 9.17) is 5.73 Å². The number of hydrogen-bond acceptors (Lipinski definition) is 2. The Kier molecular flexibility index (Phi) is 3.81. The first-order valence-electron chi connectivity index (χ1n) is 4.20. The van der Waals surface area contributed by atoms with E-state index in [9.17, 15) is 0 Å². The maximum absolute atomic E-state index is 6.07. The summed E-state index contributed by atoms with van der Waals surface area (Å²) >= 11 is 5.30. The third-order valence-corrected chi connectivity index (χ3v) is 4.57. The van der Waals surface area contributed by atoms with Gasteiger partial charge < -0.3 is 5.73 Å². The molecule has 0 aliphatic heterocycles. The topological polar surface area (TPSA) is 26.0 Å². The van der Waals surface area contributed by atoms with Crippen molar-refractivity contribution in [2.45, 2.75) is 25.8 Å². The summed E-state index contributed by atoms with van der Waals surface area (Å²) in [5.41, 5.74) is 7.38. The van der Waals surface area contributed by atoms with Crippen LogP contribution in [-0.2, 0) is 0 Å². The molecular formula is C9H13BrClNS. The summed E-state index contributed by atoms with van der Waals surface area (Å²) in [6.07, 6.45) is 2.63. The van der Waals surface area contributed by atoms with Crippen LogP contribution in [0.5, 0.6) is 0 Å². The fourth-order valence-corrected chi connectivity index (χ4v) is 3.00.